The van der Waals surface area contributed by atoms with Gasteiger partial charge in [0.15, 0.2) is 0 Å². The Morgan fingerprint density at radius 2 is 2.21 bits per heavy atom. The Morgan fingerprint density at radius 1 is 1.39 bits per heavy atom. The SMILES string of the molecule is CCOC(=O)C1(CC2CC(c3cccc(F)c3)=NO2)CCCN(C(=O)CC)C1. The molecule has 0 N–H and O–H groups in total. The lowest BCUT2D eigenvalue weighted by molar-refractivity contribution is -0.163. The second-order valence-electron chi connectivity index (χ2n) is 7.46. The van der Waals surface area contributed by atoms with Gasteiger partial charge in [-0.05, 0) is 31.9 Å². The molecule has 0 saturated carbocycles. The molecule has 0 bridgehead atoms. The molecule has 2 unspecified atom stereocenters. The van der Waals surface area contributed by atoms with Crippen LogP contribution in [0.25, 0.3) is 0 Å². The Labute approximate surface area is 164 Å². The predicted octanol–water partition coefficient (Wildman–Crippen LogP) is 3.29. The molecule has 0 aromatic heterocycles. The number of rotatable bonds is 6. The third kappa shape index (κ3) is 4.34. The van der Waals surface area contributed by atoms with Crippen molar-refractivity contribution < 1.29 is 23.6 Å². The number of nitrogens with zero attached hydrogens (tertiary/aromatic N) is 2. The highest BCUT2D eigenvalue weighted by Crippen LogP contribution is 2.39. The molecule has 2 heterocycles. The van der Waals surface area contributed by atoms with Gasteiger partial charge in [-0.2, -0.15) is 0 Å². The summed E-state index contributed by atoms with van der Waals surface area (Å²) >= 11 is 0. The average Bonchev–Trinajstić information content (AvgIpc) is 3.16. The van der Waals surface area contributed by atoms with Crippen molar-refractivity contribution in [2.75, 3.05) is 19.7 Å². The van der Waals surface area contributed by atoms with Crippen LogP contribution in [-0.2, 0) is 19.2 Å². The number of amides is 1. The molecule has 1 amide bonds. The molecule has 2 aliphatic rings. The quantitative estimate of drug-likeness (QED) is 0.699. The molecule has 1 aromatic carbocycles. The molecule has 2 atom stereocenters. The lowest BCUT2D eigenvalue weighted by Crippen LogP contribution is -2.51. The Kier molecular flexibility index (Phi) is 6.31. The van der Waals surface area contributed by atoms with Crippen molar-refractivity contribution in [3.05, 3.63) is 35.6 Å². The lowest BCUT2D eigenvalue weighted by atomic mass is 9.74. The number of hydrogen-bond donors (Lipinski definition) is 0. The first-order chi connectivity index (χ1) is 13.5. The minimum Gasteiger partial charge on any atom is -0.466 e. The van der Waals surface area contributed by atoms with Crippen molar-refractivity contribution in [2.45, 2.75) is 52.1 Å². The van der Waals surface area contributed by atoms with Gasteiger partial charge in [0.2, 0.25) is 5.91 Å². The molecule has 3 rings (SSSR count). The van der Waals surface area contributed by atoms with Gasteiger partial charge in [-0.15, -0.1) is 0 Å². The smallest absolute Gasteiger partial charge is 0.314 e. The van der Waals surface area contributed by atoms with Crippen LogP contribution < -0.4 is 0 Å². The number of carbonyl (C=O) groups is 2. The topological polar surface area (TPSA) is 68.2 Å². The highest BCUT2D eigenvalue weighted by Gasteiger charge is 2.47. The van der Waals surface area contributed by atoms with E-state index in [1.54, 1.807) is 24.0 Å². The van der Waals surface area contributed by atoms with Gasteiger partial charge in [-0.1, -0.05) is 24.2 Å². The fraction of sp³-hybridized carbons (Fsp3) is 0.571. The zero-order valence-corrected chi connectivity index (χ0v) is 16.4. The van der Waals surface area contributed by atoms with Crippen LogP contribution >= 0.6 is 0 Å². The third-order valence-electron chi connectivity index (χ3n) is 5.45. The second-order valence-corrected chi connectivity index (χ2v) is 7.46. The molecule has 1 fully saturated rings. The normalized spacial score (nSPS) is 24.5. The second kappa shape index (κ2) is 8.71. The maximum absolute atomic E-state index is 13.5. The Morgan fingerprint density at radius 3 is 2.93 bits per heavy atom. The van der Waals surface area contributed by atoms with E-state index in [0.29, 0.717) is 56.7 Å². The van der Waals surface area contributed by atoms with E-state index in [-0.39, 0.29) is 23.8 Å². The fourth-order valence-electron chi connectivity index (χ4n) is 4.08. The number of piperidine rings is 1. The lowest BCUT2D eigenvalue weighted by Gasteiger charge is -2.41. The van der Waals surface area contributed by atoms with Gasteiger partial charge in [0.25, 0.3) is 0 Å². The molecule has 1 saturated heterocycles. The molecular formula is C21H27FN2O4. The first kappa shape index (κ1) is 20.3. The van der Waals surface area contributed by atoms with Crippen LogP contribution in [0.15, 0.2) is 29.4 Å². The summed E-state index contributed by atoms with van der Waals surface area (Å²) in [5.41, 5.74) is 0.552. The molecule has 0 aliphatic carbocycles. The zero-order chi connectivity index (χ0) is 20.1. The number of likely N-dealkylation sites (tertiary alicyclic amines) is 1. The number of ether oxygens (including phenoxy) is 1. The van der Waals surface area contributed by atoms with E-state index in [1.165, 1.54) is 12.1 Å². The van der Waals surface area contributed by atoms with Gasteiger partial charge < -0.3 is 14.5 Å². The molecule has 2 aliphatic heterocycles. The summed E-state index contributed by atoms with van der Waals surface area (Å²) in [6.45, 7) is 4.89. The van der Waals surface area contributed by atoms with Gasteiger partial charge in [0, 0.05) is 37.9 Å². The zero-order valence-electron chi connectivity index (χ0n) is 16.4. The number of esters is 1. The molecule has 152 valence electrons. The number of oxime groups is 1. The number of halogens is 1. The van der Waals surface area contributed by atoms with Gasteiger partial charge in [-0.25, -0.2) is 4.39 Å². The number of benzene rings is 1. The van der Waals surface area contributed by atoms with E-state index in [9.17, 15) is 14.0 Å². The van der Waals surface area contributed by atoms with E-state index >= 15 is 0 Å². The van der Waals surface area contributed by atoms with Gasteiger partial charge in [0.05, 0.1) is 17.7 Å². The summed E-state index contributed by atoms with van der Waals surface area (Å²) in [4.78, 5) is 32.4. The van der Waals surface area contributed by atoms with Crippen molar-refractivity contribution in [1.82, 2.24) is 4.90 Å². The van der Waals surface area contributed by atoms with E-state index in [2.05, 4.69) is 5.16 Å². The molecule has 1 aromatic rings. The Bertz CT molecular complexity index is 767. The van der Waals surface area contributed by atoms with Crippen LogP contribution in [0.1, 0.15) is 51.5 Å². The molecule has 28 heavy (non-hydrogen) atoms. The molecule has 0 radical (unpaired) electrons. The molecule has 6 nitrogen and oxygen atoms in total. The number of carbonyl (C=O) groups excluding carboxylic acids is 2. The first-order valence-electron chi connectivity index (χ1n) is 9.91. The maximum Gasteiger partial charge on any atom is 0.314 e. The average molecular weight is 390 g/mol. The van der Waals surface area contributed by atoms with Crippen molar-refractivity contribution in [3.63, 3.8) is 0 Å². The summed E-state index contributed by atoms with van der Waals surface area (Å²) in [5.74, 6) is -0.573. The molecule has 0 spiro atoms. The standard InChI is InChI=1S/C21H27FN2O4/c1-3-19(25)24-10-6-9-21(14-24,20(26)27-4-2)13-17-12-18(23-28-17)15-7-5-8-16(22)11-15/h5,7-8,11,17H,3-4,6,9-10,12-14H2,1-2H3. The summed E-state index contributed by atoms with van der Waals surface area (Å²) in [7, 11) is 0. The van der Waals surface area contributed by atoms with Crippen molar-refractivity contribution in [3.8, 4) is 0 Å². The van der Waals surface area contributed by atoms with Crippen LogP contribution in [0.2, 0.25) is 0 Å². The molecular weight excluding hydrogens is 363 g/mol. The van der Waals surface area contributed by atoms with Crippen LogP contribution in [0.4, 0.5) is 4.39 Å². The van der Waals surface area contributed by atoms with Crippen molar-refractivity contribution in [2.24, 2.45) is 10.6 Å². The highest BCUT2D eigenvalue weighted by molar-refractivity contribution is 6.01. The largest absolute Gasteiger partial charge is 0.466 e. The fourth-order valence-corrected chi connectivity index (χ4v) is 4.08. The first-order valence-corrected chi connectivity index (χ1v) is 9.91. The van der Waals surface area contributed by atoms with Gasteiger partial charge in [0.1, 0.15) is 11.9 Å². The van der Waals surface area contributed by atoms with E-state index in [4.69, 9.17) is 9.57 Å². The Hall–Kier alpha value is -2.44. The molecule has 7 heteroatoms. The summed E-state index contributed by atoms with van der Waals surface area (Å²) in [6, 6.07) is 6.23. The van der Waals surface area contributed by atoms with Crippen molar-refractivity contribution in [1.29, 1.82) is 0 Å². The van der Waals surface area contributed by atoms with E-state index in [1.807, 2.05) is 6.92 Å². The maximum atomic E-state index is 13.5. The summed E-state index contributed by atoms with van der Waals surface area (Å²) < 4.78 is 18.9. The summed E-state index contributed by atoms with van der Waals surface area (Å²) in [6.07, 6.45) is 2.41. The van der Waals surface area contributed by atoms with Crippen molar-refractivity contribution >= 4 is 17.6 Å². The monoisotopic (exact) mass is 390 g/mol. The van der Waals surface area contributed by atoms with Crippen LogP contribution in [-0.4, -0.2) is 48.3 Å². The summed E-state index contributed by atoms with van der Waals surface area (Å²) in [5, 5.41) is 4.12. The predicted molar refractivity (Wildman–Crippen MR) is 102 cm³/mol. The van der Waals surface area contributed by atoms with Gasteiger partial charge >= 0.3 is 5.97 Å². The highest BCUT2D eigenvalue weighted by atomic mass is 19.1. The third-order valence-corrected chi connectivity index (χ3v) is 5.45. The van der Waals surface area contributed by atoms with Crippen LogP contribution in [0, 0.1) is 11.2 Å². The van der Waals surface area contributed by atoms with Crippen LogP contribution in [0.5, 0.6) is 0 Å². The van der Waals surface area contributed by atoms with E-state index < -0.39 is 5.41 Å². The minimum absolute atomic E-state index is 0.0393. The van der Waals surface area contributed by atoms with E-state index in [0.717, 1.165) is 6.42 Å². The minimum atomic E-state index is -0.795. The Balaban J connectivity index is 1.74. The van der Waals surface area contributed by atoms with Crippen LogP contribution in [0.3, 0.4) is 0 Å². The van der Waals surface area contributed by atoms with Gasteiger partial charge in [-0.3, -0.25) is 9.59 Å². The number of hydrogen-bond acceptors (Lipinski definition) is 5.